The predicted octanol–water partition coefficient (Wildman–Crippen LogP) is 4.50. The van der Waals surface area contributed by atoms with Gasteiger partial charge in [-0.2, -0.15) is 23.4 Å². The summed E-state index contributed by atoms with van der Waals surface area (Å²) in [6.45, 7) is 0.378. The monoisotopic (exact) mass is 498 g/mol. The van der Waals surface area contributed by atoms with E-state index in [1.54, 1.807) is 24.3 Å². The smallest absolute Gasteiger partial charge is 0.348 e. The van der Waals surface area contributed by atoms with E-state index in [2.05, 4.69) is 25.8 Å². The number of nitrogens with zero attached hydrogens (tertiary/aromatic N) is 4. The van der Waals surface area contributed by atoms with Crippen molar-refractivity contribution in [3.63, 3.8) is 0 Å². The van der Waals surface area contributed by atoms with Crippen molar-refractivity contribution in [1.29, 1.82) is 0 Å². The Hall–Kier alpha value is -4.25. The number of rotatable bonds is 4. The maximum absolute atomic E-state index is 13.6. The largest absolute Gasteiger partial charge is 0.420 e. The molecule has 0 atom stereocenters. The molecule has 0 saturated heterocycles. The van der Waals surface area contributed by atoms with Crippen molar-refractivity contribution in [2.75, 3.05) is 5.32 Å². The molecule has 3 heterocycles. The number of carbonyl (C=O) groups excluding carboxylic acids is 2. The van der Waals surface area contributed by atoms with Crippen LogP contribution in [0.3, 0.4) is 0 Å². The van der Waals surface area contributed by atoms with Crippen LogP contribution >= 0.6 is 11.6 Å². The Morgan fingerprint density at radius 1 is 1.09 bits per heavy atom. The summed E-state index contributed by atoms with van der Waals surface area (Å²) >= 11 is 6.36. The van der Waals surface area contributed by atoms with Crippen molar-refractivity contribution in [1.82, 2.24) is 25.3 Å². The molecular formula is C23H14ClF3N6O2. The molecule has 1 aliphatic rings. The normalized spacial score (nSPS) is 12.9. The van der Waals surface area contributed by atoms with Crippen LogP contribution in [0, 0.1) is 0 Å². The van der Waals surface area contributed by atoms with Gasteiger partial charge in [0.25, 0.3) is 11.8 Å². The molecule has 0 bridgehead atoms. The van der Waals surface area contributed by atoms with Crippen LogP contribution < -0.4 is 10.6 Å². The van der Waals surface area contributed by atoms with Crippen molar-refractivity contribution < 1.29 is 22.8 Å². The van der Waals surface area contributed by atoms with Crippen molar-refractivity contribution in [2.45, 2.75) is 12.7 Å². The minimum atomic E-state index is -4.76. The molecule has 0 spiro atoms. The lowest BCUT2D eigenvalue weighted by atomic mass is 9.96. The zero-order valence-electron chi connectivity index (χ0n) is 17.6. The third-order valence-electron chi connectivity index (χ3n) is 5.41. The van der Waals surface area contributed by atoms with Gasteiger partial charge in [0, 0.05) is 12.1 Å². The van der Waals surface area contributed by atoms with Gasteiger partial charge in [0.05, 0.1) is 34.9 Å². The van der Waals surface area contributed by atoms with E-state index < -0.39 is 23.5 Å². The number of pyridine rings is 1. The molecule has 0 saturated carbocycles. The SMILES string of the molecule is O=C(Nc1cnc(-n2nccn2)c(C(F)(F)F)c1)c1ccc(-c2cccc3c2CNC3=O)cc1Cl. The summed E-state index contributed by atoms with van der Waals surface area (Å²) in [6.07, 6.45) is -1.24. The summed E-state index contributed by atoms with van der Waals surface area (Å²) in [5.74, 6) is -1.40. The standard InChI is InChI=1S/C23H14ClF3N6O2/c24-19-8-12(14-2-1-3-15-17(14)11-29-21(15)34)4-5-16(19)22(35)32-13-9-18(23(25,26)27)20(28-10-13)33-30-6-7-31-33/h1-10H,11H2,(H,29,34)(H,32,35). The topological polar surface area (TPSA) is 102 Å². The lowest BCUT2D eigenvalue weighted by Gasteiger charge is -2.14. The summed E-state index contributed by atoms with van der Waals surface area (Å²) in [4.78, 5) is 29.3. The van der Waals surface area contributed by atoms with Crippen molar-refractivity contribution in [3.05, 3.63) is 88.3 Å². The molecule has 4 aromatic rings. The van der Waals surface area contributed by atoms with Crippen LogP contribution in [0.1, 0.15) is 31.8 Å². The molecule has 2 amide bonds. The summed E-state index contributed by atoms with van der Waals surface area (Å²) < 4.78 is 40.8. The van der Waals surface area contributed by atoms with Gasteiger partial charge in [-0.15, -0.1) is 4.80 Å². The Morgan fingerprint density at radius 2 is 1.83 bits per heavy atom. The minimum Gasteiger partial charge on any atom is -0.348 e. The maximum Gasteiger partial charge on any atom is 0.420 e. The van der Waals surface area contributed by atoms with Crippen LogP contribution in [0.4, 0.5) is 18.9 Å². The Balaban J connectivity index is 1.43. The number of carbonyl (C=O) groups is 2. The molecule has 0 aliphatic carbocycles. The second kappa shape index (κ2) is 8.51. The number of benzene rings is 2. The highest BCUT2D eigenvalue weighted by molar-refractivity contribution is 6.34. The van der Waals surface area contributed by atoms with Gasteiger partial charge in [0.1, 0.15) is 5.56 Å². The molecule has 5 rings (SSSR count). The zero-order valence-corrected chi connectivity index (χ0v) is 18.4. The van der Waals surface area contributed by atoms with Gasteiger partial charge in [-0.3, -0.25) is 9.59 Å². The average molecular weight is 499 g/mol. The van der Waals surface area contributed by atoms with Crippen LogP contribution in [-0.4, -0.2) is 31.8 Å². The molecule has 0 fully saturated rings. The van der Waals surface area contributed by atoms with E-state index in [-0.39, 0.29) is 22.2 Å². The summed E-state index contributed by atoms with van der Waals surface area (Å²) in [5, 5.41) is 12.6. The maximum atomic E-state index is 13.6. The molecule has 2 aromatic carbocycles. The number of fused-ring (bicyclic) bond motifs is 1. The van der Waals surface area contributed by atoms with E-state index in [0.29, 0.717) is 17.7 Å². The van der Waals surface area contributed by atoms with Crippen molar-refractivity contribution in [2.24, 2.45) is 0 Å². The molecule has 8 nitrogen and oxygen atoms in total. The molecule has 0 unspecified atom stereocenters. The van der Waals surface area contributed by atoms with E-state index in [4.69, 9.17) is 11.6 Å². The van der Waals surface area contributed by atoms with E-state index in [1.807, 2.05) is 6.07 Å². The average Bonchev–Trinajstić information content (AvgIpc) is 3.49. The summed E-state index contributed by atoms with van der Waals surface area (Å²) in [7, 11) is 0. The molecule has 2 aromatic heterocycles. The van der Waals surface area contributed by atoms with Crippen LogP contribution in [0.2, 0.25) is 5.02 Å². The second-order valence-corrected chi connectivity index (χ2v) is 7.98. The fourth-order valence-corrected chi connectivity index (χ4v) is 4.07. The lowest BCUT2D eigenvalue weighted by Crippen LogP contribution is -2.17. The molecular weight excluding hydrogens is 485 g/mol. The van der Waals surface area contributed by atoms with Gasteiger partial charge in [-0.1, -0.05) is 29.8 Å². The van der Waals surface area contributed by atoms with Gasteiger partial charge in [0.15, 0.2) is 5.82 Å². The number of nitrogens with one attached hydrogen (secondary N) is 2. The van der Waals surface area contributed by atoms with Gasteiger partial charge in [-0.05, 0) is 41.0 Å². The molecule has 1 aliphatic heterocycles. The highest BCUT2D eigenvalue weighted by atomic mass is 35.5. The van der Waals surface area contributed by atoms with E-state index in [9.17, 15) is 22.8 Å². The molecule has 35 heavy (non-hydrogen) atoms. The fourth-order valence-electron chi connectivity index (χ4n) is 3.81. The van der Waals surface area contributed by atoms with Crippen LogP contribution in [-0.2, 0) is 12.7 Å². The second-order valence-electron chi connectivity index (χ2n) is 7.57. The minimum absolute atomic E-state index is 0.0589. The fraction of sp³-hybridized carbons (Fsp3) is 0.0870. The van der Waals surface area contributed by atoms with E-state index >= 15 is 0 Å². The van der Waals surface area contributed by atoms with Crippen LogP contribution in [0.15, 0.2) is 61.1 Å². The molecule has 176 valence electrons. The zero-order chi connectivity index (χ0) is 24.7. The van der Waals surface area contributed by atoms with E-state index in [0.717, 1.165) is 28.2 Å². The van der Waals surface area contributed by atoms with Crippen molar-refractivity contribution in [3.8, 4) is 16.9 Å². The van der Waals surface area contributed by atoms with Crippen LogP contribution in [0.5, 0.6) is 0 Å². The first-order valence-corrected chi connectivity index (χ1v) is 10.6. The lowest BCUT2D eigenvalue weighted by molar-refractivity contribution is -0.137. The van der Waals surface area contributed by atoms with Gasteiger partial charge in [0.2, 0.25) is 0 Å². The first-order chi connectivity index (χ1) is 16.7. The first-order valence-electron chi connectivity index (χ1n) is 10.2. The Kier molecular flexibility index (Phi) is 5.48. The third kappa shape index (κ3) is 4.21. The Labute approximate surface area is 200 Å². The highest BCUT2D eigenvalue weighted by Crippen LogP contribution is 2.35. The van der Waals surface area contributed by atoms with Crippen LogP contribution in [0.25, 0.3) is 16.9 Å². The van der Waals surface area contributed by atoms with E-state index in [1.165, 1.54) is 18.5 Å². The quantitative estimate of drug-likeness (QED) is 0.431. The number of alkyl halides is 3. The number of hydrogen-bond donors (Lipinski definition) is 2. The Morgan fingerprint density at radius 3 is 2.54 bits per heavy atom. The van der Waals surface area contributed by atoms with Gasteiger partial charge < -0.3 is 10.6 Å². The van der Waals surface area contributed by atoms with Gasteiger partial charge in [-0.25, -0.2) is 4.98 Å². The number of hydrogen-bond acceptors (Lipinski definition) is 5. The molecule has 0 radical (unpaired) electrons. The van der Waals surface area contributed by atoms with Crippen molar-refractivity contribution >= 4 is 29.1 Å². The molecule has 2 N–H and O–H groups in total. The Bertz CT molecular complexity index is 1470. The number of anilines is 1. The number of amides is 2. The first kappa shape index (κ1) is 22.5. The summed E-state index contributed by atoms with van der Waals surface area (Å²) in [6, 6.07) is 10.8. The van der Waals surface area contributed by atoms with Gasteiger partial charge >= 0.3 is 6.18 Å². The highest BCUT2D eigenvalue weighted by Gasteiger charge is 2.36. The number of halogens is 4. The predicted molar refractivity (Wildman–Crippen MR) is 120 cm³/mol. The number of aromatic nitrogens is 4. The third-order valence-corrected chi connectivity index (χ3v) is 5.72. The summed E-state index contributed by atoms with van der Waals surface area (Å²) in [5.41, 5.74) is 1.64. The molecule has 12 heteroatoms.